The minimum Gasteiger partial charge on any atom is -0.444 e. The molecule has 0 bridgehead atoms. The fraction of sp³-hybridized carbons (Fsp3) is 0.630. The molecule has 0 N–H and O–H groups in total. The predicted octanol–water partition coefficient (Wildman–Crippen LogP) is 7.73. The summed E-state index contributed by atoms with van der Waals surface area (Å²) in [7, 11) is 0. The van der Waals surface area contributed by atoms with Crippen molar-refractivity contribution in [3.8, 4) is 0 Å². The fourth-order valence-electron chi connectivity index (χ4n) is 4.62. The number of amides is 1. The Kier molecular flexibility index (Phi) is 7.47. The molecule has 0 aliphatic carbocycles. The van der Waals surface area contributed by atoms with Gasteiger partial charge < -0.3 is 14.4 Å². The molecule has 0 radical (unpaired) electrons. The van der Waals surface area contributed by atoms with Crippen molar-refractivity contribution < 1.29 is 19.1 Å². The Hall–Kier alpha value is -2.02. The minimum atomic E-state index is -0.581. The van der Waals surface area contributed by atoms with Gasteiger partial charge in [-0.2, -0.15) is 0 Å². The number of halogens is 1. The molecule has 1 amide bonds. The fourth-order valence-corrected chi connectivity index (χ4v) is 5.63. The summed E-state index contributed by atoms with van der Waals surface area (Å²) in [5.74, 6) is 0.580. The van der Waals surface area contributed by atoms with E-state index in [1.807, 2.05) is 46.4 Å². The number of nitrogens with zero attached hydrogens (tertiary/aromatic N) is 2. The van der Waals surface area contributed by atoms with Crippen molar-refractivity contribution in [1.82, 2.24) is 9.47 Å². The maximum absolute atomic E-state index is 13.1. The molecule has 2 heterocycles. The maximum Gasteiger partial charge on any atom is 0.419 e. The second-order valence-corrected chi connectivity index (χ2v) is 12.4. The number of ether oxygens (including phenoxy) is 2. The lowest BCUT2D eigenvalue weighted by molar-refractivity contribution is 0.0204. The zero-order chi connectivity index (χ0) is 25.6. The highest BCUT2D eigenvalue weighted by Gasteiger charge is 2.30. The lowest BCUT2D eigenvalue weighted by atomic mass is 9.85. The minimum absolute atomic E-state index is 0.227. The largest absolute Gasteiger partial charge is 0.444 e. The Morgan fingerprint density at radius 2 is 1.50 bits per heavy atom. The Balaban J connectivity index is 1.94. The van der Waals surface area contributed by atoms with Gasteiger partial charge in [0.05, 0.1) is 10.1 Å². The molecule has 0 unspecified atom stereocenters. The van der Waals surface area contributed by atoms with Gasteiger partial charge in [-0.05, 0) is 118 Å². The van der Waals surface area contributed by atoms with Gasteiger partial charge in [0, 0.05) is 18.5 Å². The summed E-state index contributed by atoms with van der Waals surface area (Å²) in [6.45, 7) is 19.0. The number of carbonyl (C=O) groups is 2. The Morgan fingerprint density at radius 3 is 2.00 bits per heavy atom. The maximum atomic E-state index is 13.1. The van der Waals surface area contributed by atoms with E-state index in [1.165, 1.54) is 5.56 Å². The molecular weight excluding hydrogens is 496 g/mol. The third-order valence-corrected chi connectivity index (χ3v) is 6.86. The van der Waals surface area contributed by atoms with E-state index in [9.17, 15) is 9.59 Å². The summed E-state index contributed by atoms with van der Waals surface area (Å²) in [6, 6.07) is 4.35. The molecule has 3 rings (SSSR count). The molecule has 34 heavy (non-hydrogen) atoms. The number of benzene rings is 1. The molecule has 0 atom stereocenters. The highest BCUT2D eigenvalue weighted by Crippen LogP contribution is 2.40. The van der Waals surface area contributed by atoms with Crippen LogP contribution in [0.2, 0.25) is 0 Å². The lowest BCUT2D eigenvalue weighted by Crippen LogP contribution is -2.41. The molecule has 0 spiro atoms. The Bertz CT molecular complexity index is 1080. The Labute approximate surface area is 212 Å². The number of piperidine rings is 1. The number of fused-ring (bicyclic) bond motifs is 1. The van der Waals surface area contributed by atoms with Crippen LogP contribution in [0.15, 0.2) is 16.7 Å². The summed E-state index contributed by atoms with van der Waals surface area (Å²) in [4.78, 5) is 27.4. The van der Waals surface area contributed by atoms with Crippen molar-refractivity contribution in [2.24, 2.45) is 0 Å². The monoisotopic (exact) mass is 534 g/mol. The van der Waals surface area contributed by atoms with Crippen LogP contribution in [0.3, 0.4) is 0 Å². The van der Waals surface area contributed by atoms with E-state index >= 15 is 0 Å². The first-order valence-electron chi connectivity index (χ1n) is 12.1. The number of aryl methyl sites for hydroxylation is 1. The van der Waals surface area contributed by atoms with E-state index in [-0.39, 0.29) is 18.1 Å². The highest BCUT2D eigenvalue weighted by molar-refractivity contribution is 9.10. The SMILES string of the molecule is Cc1cc2c(cc1C1CCN(C(=O)OC(C)(C)C)CC1)c(C(C)C)c(Br)n2C(=O)OC(C)(C)C. The first kappa shape index (κ1) is 26.6. The molecule has 1 aromatic heterocycles. The number of hydrogen-bond donors (Lipinski definition) is 0. The zero-order valence-electron chi connectivity index (χ0n) is 22.0. The van der Waals surface area contributed by atoms with Crippen LogP contribution < -0.4 is 0 Å². The number of rotatable bonds is 2. The molecule has 0 saturated carbocycles. The second-order valence-electron chi connectivity index (χ2n) is 11.6. The number of carbonyl (C=O) groups excluding carboxylic acids is 2. The summed E-state index contributed by atoms with van der Waals surface area (Å²) in [5.41, 5.74) is 3.32. The number of aromatic nitrogens is 1. The van der Waals surface area contributed by atoms with E-state index in [2.05, 4.69) is 48.8 Å². The van der Waals surface area contributed by atoms with Crippen molar-refractivity contribution in [1.29, 1.82) is 0 Å². The van der Waals surface area contributed by atoms with Gasteiger partial charge in [0.2, 0.25) is 0 Å². The van der Waals surface area contributed by atoms with E-state index < -0.39 is 11.2 Å². The van der Waals surface area contributed by atoms with Crippen LogP contribution in [-0.4, -0.2) is 45.9 Å². The lowest BCUT2D eigenvalue weighted by Gasteiger charge is -2.34. The molecule has 6 nitrogen and oxygen atoms in total. The third kappa shape index (κ3) is 5.78. The third-order valence-electron chi connectivity index (χ3n) is 6.07. The predicted molar refractivity (Wildman–Crippen MR) is 140 cm³/mol. The topological polar surface area (TPSA) is 60.8 Å². The van der Waals surface area contributed by atoms with Crippen LogP contribution in [0.1, 0.15) is 96.8 Å². The molecule has 1 aliphatic rings. The smallest absolute Gasteiger partial charge is 0.419 e. The van der Waals surface area contributed by atoms with Gasteiger partial charge in [-0.15, -0.1) is 0 Å². The summed E-state index contributed by atoms with van der Waals surface area (Å²) < 4.78 is 13.7. The average molecular weight is 536 g/mol. The summed E-state index contributed by atoms with van der Waals surface area (Å²) in [6.07, 6.45) is 1.15. The number of likely N-dealkylation sites (tertiary alicyclic amines) is 1. The molecule has 2 aromatic rings. The highest BCUT2D eigenvalue weighted by atomic mass is 79.9. The van der Waals surface area contributed by atoms with E-state index in [1.54, 1.807) is 4.57 Å². The van der Waals surface area contributed by atoms with Gasteiger partial charge in [0.1, 0.15) is 11.2 Å². The molecular formula is C27H39BrN2O4. The summed E-state index contributed by atoms with van der Waals surface area (Å²) >= 11 is 3.70. The normalized spacial score (nSPS) is 15.8. The standard InChI is InChI=1S/C27H39BrN2O4/c1-16(2)22-20-15-19(18-10-12-29(13-11-18)24(31)33-26(4,5)6)17(3)14-21(20)30(23(22)28)25(32)34-27(7,8)9/h14-16,18H,10-13H2,1-9H3. The van der Waals surface area contributed by atoms with E-state index in [4.69, 9.17) is 9.47 Å². The van der Waals surface area contributed by atoms with Crippen LogP contribution in [0, 0.1) is 6.92 Å². The first-order valence-corrected chi connectivity index (χ1v) is 12.9. The van der Waals surface area contributed by atoms with Crippen molar-refractivity contribution in [2.45, 2.75) is 98.2 Å². The van der Waals surface area contributed by atoms with Gasteiger partial charge in [0.15, 0.2) is 0 Å². The van der Waals surface area contributed by atoms with Crippen LogP contribution in [0.25, 0.3) is 10.9 Å². The van der Waals surface area contributed by atoms with Crippen molar-refractivity contribution in [2.75, 3.05) is 13.1 Å². The van der Waals surface area contributed by atoms with Gasteiger partial charge in [-0.1, -0.05) is 13.8 Å². The van der Waals surface area contributed by atoms with Gasteiger partial charge in [0.25, 0.3) is 0 Å². The van der Waals surface area contributed by atoms with Crippen molar-refractivity contribution >= 4 is 39.0 Å². The molecule has 188 valence electrons. The van der Waals surface area contributed by atoms with Gasteiger partial charge in [-0.3, -0.25) is 0 Å². The average Bonchev–Trinajstić information content (AvgIpc) is 2.95. The molecule has 1 aliphatic heterocycles. The first-order chi connectivity index (χ1) is 15.6. The van der Waals surface area contributed by atoms with Crippen LogP contribution in [0.4, 0.5) is 9.59 Å². The molecule has 7 heteroatoms. The van der Waals surface area contributed by atoms with Gasteiger partial charge in [-0.25, -0.2) is 14.2 Å². The molecule has 1 fully saturated rings. The number of hydrogen-bond acceptors (Lipinski definition) is 4. The zero-order valence-corrected chi connectivity index (χ0v) is 23.6. The second kappa shape index (κ2) is 9.56. The molecule has 1 saturated heterocycles. The van der Waals surface area contributed by atoms with Crippen molar-refractivity contribution in [3.63, 3.8) is 0 Å². The van der Waals surface area contributed by atoms with Crippen LogP contribution >= 0.6 is 15.9 Å². The van der Waals surface area contributed by atoms with Crippen LogP contribution in [0.5, 0.6) is 0 Å². The summed E-state index contributed by atoms with van der Waals surface area (Å²) in [5, 5.41) is 1.07. The van der Waals surface area contributed by atoms with E-state index in [0.717, 1.165) is 39.5 Å². The van der Waals surface area contributed by atoms with Crippen molar-refractivity contribution in [3.05, 3.63) is 33.4 Å². The quantitative estimate of drug-likeness (QED) is 0.395. The molecule has 1 aromatic carbocycles. The van der Waals surface area contributed by atoms with E-state index in [0.29, 0.717) is 19.0 Å². The van der Waals surface area contributed by atoms with Gasteiger partial charge >= 0.3 is 12.2 Å². The van der Waals surface area contributed by atoms with Crippen LogP contribution in [-0.2, 0) is 9.47 Å². The Morgan fingerprint density at radius 1 is 0.971 bits per heavy atom.